The van der Waals surface area contributed by atoms with Crippen molar-refractivity contribution < 1.29 is 0 Å². The molecular formula is C10H14ClN. The molecule has 0 aliphatic rings. The third-order valence-electron chi connectivity index (χ3n) is 2.31. The third kappa shape index (κ3) is 1.72. The van der Waals surface area contributed by atoms with Crippen molar-refractivity contribution in [3.8, 4) is 0 Å². The topological polar surface area (TPSA) is 4.93 Å². The largest absolute Gasteiger partial charge is 0.347 e. The minimum Gasteiger partial charge on any atom is -0.347 e. The van der Waals surface area contributed by atoms with E-state index in [0.717, 1.165) is 6.54 Å². The van der Waals surface area contributed by atoms with Gasteiger partial charge in [-0.3, -0.25) is 0 Å². The quantitative estimate of drug-likeness (QED) is 0.664. The summed E-state index contributed by atoms with van der Waals surface area (Å²) >= 11 is 5.46. The van der Waals surface area contributed by atoms with Gasteiger partial charge in [0.1, 0.15) is 0 Å². The van der Waals surface area contributed by atoms with E-state index in [4.69, 9.17) is 11.6 Å². The highest BCUT2D eigenvalue weighted by Crippen LogP contribution is 2.14. The van der Waals surface area contributed by atoms with Gasteiger partial charge >= 0.3 is 0 Å². The summed E-state index contributed by atoms with van der Waals surface area (Å²) in [5, 5.41) is 0. The summed E-state index contributed by atoms with van der Waals surface area (Å²) in [6, 6.07) is 0. The number of nitrogens with zero attached hydrogens (tertiary/aromatic N) is 1. The van der Waals surface area contributed by atoms with Crippen molar-refractivity contribution in [2.24, 2.45) is 0 Å². The average molecular weight is 184 g/mol. The zero-order valence-corrected chi connectivity index (χ0v) is 8.52. The highest BCUT2D eigenvalue weighted by Gasteiger charge is 2.02. The molecule has 1 heterocycles. The van der Waals surface area contributed by atoms with E-state index in [0.29, 0.717) is 0 Å². The first-order valence-electron chi connectivity index (χ1n) is 4.05. The van der Waals surface area contributed by atoms with Crippen LogP contribution in [0.5, 0.6) is 0 Å². The summed E-state index contributed by atoms with van der Waals surface area (Å²) in [4.78, 5) is 0. The van der Waals surface area contributed by atoms with Gasteiger partial charge in [-0.15, -0.1) is 0 Å². The number of rotatable bonds is 2. The summed E-state index contributed by atoms with van der Waals surface area (Å²) < 4.78 is 2.20. The Labute approximate surface area is 78.7 Å². The molecule has 1 aromatic rings. The smallest absolute Gasteiger partial charge is 0.0414 e. The minimum absolute atomic E-state index is 0.865. The van der Waals surface area contributed by atoms with E-state index < -0.39 is 0 Å². The van der Waals surface area contributed by atoms with Crippen molar-refractivity contribution in [2.75, 3.05) is 0 Å². The molecule has 0 aliphatic heterocycles. The van der Waals surface area contributed by atoms with Gasteiger partial charge in [0.25, 0.3) is 0 Å². The van der Waals surface area contributed by atoms with Crippen molar-refractivity contribution >= 4 is 11.6 Å². The van der Waals surface area contributed by atoms with Crippen LogP contribution in [0.4, 0.5) is 0 Å². The maximum absolute atomic E-state index is 5.46. The van der Waals surface area contributed by atoms with E-state index in [1.54, 1.807) is 5.54 Å². The van der Waals surface area contributed by atoms with Crippen molar-refractivity contribution in [1.29, 1.82) is 0 Å². The summed E-state index contributed by atoms with van der Waals surface area (Å²) in [5.74, 6) is 0. The summed E-state index contributed by atoms with van der Waals surface area (Å²) in [5.41, 5.74) is 5.60. The zero-order chi connectivity index (χ0) is 9.14. The molecule has 0 saturated carbocycles. The standard InChI is InChI=1S/C10H14ClN/c1-8-7-12(6-4-5-11)10(3)9(8)2/h4-5,7H,6H2,1-3H3. The van der Waals surface area contributed by atoms with Gasteiger partial charge in [0.2, 0.25) is 0 Å². The highest BCUT2D eigenvalue weighted by molar-refractivity contribution is 6.25. The van der Waals surface area contributed by atoms with Gasteiger partial charge in [0, 0.05) is 24.0 Å². The molecule has 0 saturated heterocycles. The predicted octanol–water partition coefficient (Wildman–Crippen LogP) is 3.17. The summed E-state index contributed by atoms with van der Waals surface area (Å²) in [6.07, 6.45) is 4.09. The zero-order valence-electron chi connectivity index (χ0n) is 7.76. The third-order valence-corrected chi connectivity index (χ3v) is 2.48. The van der Waals surface area contributed by atoms with Crippen LogP contribution in [0.15, 0.2) is 17.8 Å². The predicted molar refractivity (Wildman–Crippen MR) is 53.6 cm³/mol. The van der Waals surface area contributed by atoms with Gasteiger partial charge in [0.05, 0.1) is 0 Å². The minimum atomic E-state index is 0.865. The van der Waals surface area contributed by atoms with Crippen LogP contribution >= 0.6 is 11.6 Å². The van der Waals surface area contributed by atoms with E-state index in [1.165, 1.54) is 16.8 Å². The van der Waals surface area contributed by atoms with Gasteiger partial charge in [-0.05, 0) is 31.9 Å². The molecule has 0 amide bonds. The molecule has 0 aliphatic carbocycles. The molecule has 0 bridgehead atoms. The fraction of sp³-hybridized carbons (Fsp3) is 0.400. The Bertz CT molecular complexity index is 297. The second-order valence-electron chi connectivity index (χ2n) is 3.04. The molecule has 0 unspecified atom stereocenters. The lowest BCUT2D eigenvalue weighted by Gasteiger charge is -2.00. The van der Waals surface area contributed by atoms with Gasteiger partial charge in [-0.1, -0.05) is 17.7 Å². The molecule has 0 N–H and O–H groups in total. The molecule has 1 rings (SSSR count). The van der Waals surface area contributed by atoms with Crippen LogP contribution in [0, 0.1) is 20.8 Å². The molecule has 2 heteroatoms. The molecule has 66 valence electrons. The van der Waals surface area contributed by atoms with E-state index in [9.17, 15) is 0 Å². The Hall–Kier alpha value is -0.690. The molecular weight excluding hydrogens is 170 g/mol. The molecule has 12 heavy (non-hydrogen) atoms. The van der Waals surface area contributed by atoms with Crippen molar-refractivity contribution in [3.63, 3.8) is 0 Å². The Kier molecular flexibility index (Phi) is 2.99. The van der Waals surface area contributed by atoms with E-state index in [-0.39, 0.29) is 0 Å². The Morgan fingerprint density at radius 1 is 1.42 bits per heavy atom. The number of allylic oxidation sites excluding steroid dienone is 1. The van der Waals surface area contributed by atoms with E-state index in [1.807, 2.05) is 6.08 Å². The van der Waals surface area contributed by atoms with Crippen LogP contribution in [-0.2, 0) is 6.54 Å². The van der Waals surface area contributed by atoms with Crippen LogP contribution in [0.2, 0.25) is 0 Å². The lowest BCUT2D eigenvalue weighted by molar-refractivity contribution is 0.793. The van der Waals surface area contributed by atoms with Gasteiger partial charge in [0.15, 0.2) is 0 Å². The maximum Gasteiger partial charge on any atom is 0.0414 e. The molecule has 0 atom stereocenters. The number of hydrogen-bond acceptors (Lipinski definition) is 0. The number of hydrogen-bond donors (Lipinski definition) is 0. The first-order chi connectivity index (χ1) is 5.66. The molecule has 0 fully saturated rings. The molecule has 1 nitrogen and oxygen atoms in total. The number of aryl methyl sites for hydroxylation is 1. The van der Waals surface area contributed by atoms with E-state index >= 15 is 0 Å². The molecule has 1 aromatic heterocycles. The van der Waals surface area contributed by atoms with Crippen molar-refractivity contribution in [2.45, 2.75) is 27.3 Å². The average Bonchev–Trinajstić information content (AvgIpc) is 2.30. The molecule has 0 spiro atoms. The van der Waals surface area contributed by atoms with Crippen LogP contribution in [0.25, 0.3) is 0 Å². The SMILES string of the molecule is Cc1cn(CC=CCl)c(C)c1C. The van der Waals surface area contributed by atoms with Crippen LogP contribution in [-0.4, -0.2) is 4.57 Å². The van der Waals surface area contributed by atoms with Crippen LogP contribution in [0.3, 0.4) is 0 Å². The van der Waals surface area contributed by atoms with Crippen molar-refractivity contribution in [3.05, 3.63) is 34.6 Å². The normalized spacial score (nSPS) is 11.3. The first-order valence-corrected chi connectivity index (χ1v) is 4.48. The fourth-order valence-corrected chi connectivity index (χ4v) is 1.35. The summed E-state index contributed by atoms with van der Waals surface area (Å²) in [6.45, 7) is 7.27. The van der Waals surface area contributed by atoms with Gasteiger partial charge in [-0.25, -0.2) is 0 Å². The monoisotopic (exact) mass is 183 g/mol. The maximum atomic E-state index is 5.46. The number of aromatic nitrogens is 1. The van der Waals surface area contributed by atoms with Crippen LogP contribution < -0.4 is 0 Å². The number of halogens is 1. The summed E-state index contributed by atoms with van der Waals surface area (Å²) in [7, 11) is 0. The molecule has 0 radical (unpaired) electrons. The Balaban J connectivity index is 2.93. The second-order valence-corrected chi connectivity index (χ2v) is 3.29. The Morgan fingerprint density at radius 2 is 2.08 bits per heavy atom. The lowest BCUT2D eigenvalue weighted by atomic mass is 10.2. The van der Waals surface area contributed by atoms with Gasteiger partial charge < -0.3 is 4.57 Å². The van der Waals surface area contributed by atoms with Gasteiger partial charge in [-0.2, -0.15) is 0 Å². The fourth-order valence-electron chi connectivity index (χ4n) is 1.27. The lowest BCUT2D eigenvalue weighted by Crippen LogP contribution is -1.95. The Morgan fingerprint density at radius 3 is 2.50 bits per heavy atom. The first kappa shape index (κ1) is 9.40. The highest BCUT2D eigenvalue weighted by atomic mass is 35.5. The second kappa shape index (κ2) is 3.81. The van der Waals surface area contributed by atoms with E-state index in [2.05, 4.69) is 31.5 Å². The van der Waals surface area contributed by atoms with Crippen LogP contribution in [0.1, 0.15) is 16.8 Å². The molecule has 0 aromatic carbocycles. The van der Waals surface area contributed by atoms with Crippen molar-refractivity contribution in [1.82, 2.24) is 4.57 Å².